The molecule has 0 saturated heterocycles. The molecule has 4 N–H and O–H groups in total. The molecule has 9 heteroatoms. The second-order valence-corrected chi connectivity index (χ2v) is 10.8. The van der Waals surface area contributed by atoms with Crippen LogP contribution >= 0.6 is 0 Å². The minimum atomic E-state index is -0.543. The van der Waals surface area contributed by atoms with Crippen molar-refractivity contribution in [2.24, 2.45) is 5.73 Å². The maximum Gasteiger partial charge on any atom is 0.339 e. The van der Waals surface area contributed by atoms with E-state index < -0.39 is 17.6 Å². The van der Waals surface area contributed by atoms with E-state index in [4.69, 9.17) is 15.5 Å². The Kier molecular flexibility index (Phi) is 11.0. The molecule has 4 aromatic rings. The predicted molar refractivity (Wildman–Crippen MR) is 159 cm³/mol. The zero-order chi connectivity index (χ0) is 30.0. The van der Waals surface area contributed by atoms with Gasteiger partial charge in [-0.2, -0.15) is 0 Å². The number of hydrogen-bond acceptors (Lipinski definition) is 6. The first-order valence-electron chi connectivity index (χ1n) is 14.0. The Morgan fingerprint density at radius 1 is 1.10 bits per heavy atom. The van der Waals surface area contributed by atoms with Gasteiger partial charge in [0.05, 0.1) is 29.9 Å². The van der Waals surface area contributed by atoms with Gasteiger partial charge < -0.3 is 25.1 Å². The molecule has 4 rings (SSSR count). The van der Waals surface area contributed by atoms with E-state index >= 15 is 0 Å². The first kappa shape index (κ1) is 31.3. The van der Waals surface area contributed by atoms with Gasteiger partial charge in [-0.25, -0.2) is 14.8 Å². The number of nitrogens with zero attached hydrogens (tertiary/aromatic N) is 3. The zero-order valence-corrected chi connectivity index (χ0v) is 24.6. The third-order valence-corrected chi connectivity index (χ3v) is 6.29. The van der Waals surface area contributed by atoms with Crippen LogP contribution in [0, 0.1) is 0 Å². The fraction of sp³-hybridized carbons (Fsp3) is 0.375. The molecule has 0 aliphatic carbocycles. The number of hydrogen-bond donors (Lipinski definition) is 3. The van der Waals surface area contributed by atoms with Crippen LogP contribution in [0.3, 0.4) is 0 Å². The van der Waals surface area contributed by atoms with E-state index in [1.54, 1.807) is 0 Å². The SMILES string of the molecule is CCCCc1nc(C(O)CC)cn1Cc1ccc(-c2ccccc2C(=O)OC(C)(C)C)cc1.NC(=O)c1cnc[nH]1. The van der Waals surface area contributed by atoms with Crippen molar-refractivity contribution in [1.29, 1.82) is 0 Å². The lowest BCUT2D eigenvalue weighted by Crippen LogP contribution is -2.24. The number of rotatable bonds is 10. The monoisotopic (exact) mass is 559 g/mol. The van der Waals surface area contributed by atoms with Gasteiger partial charge in [-0.15, -0.1) is 0 Å². The molecule has 0 radical (unpaired) electrons. The van der Waals surface area contributed by atoms with Crippen LogP contribution in [0.5, 0.6) is 0 Å². The van der Waals surface area contributed by atoms with Crippen LogP contribution in [-0.2, 0) is 17.7 Å². The summed E-state index contributed by atoms with van der Waals surface area (Å²) in [5.74, 6) is 0.212. The number of H-pyrrole nitrogens is 1. The average Bonchev–Trinajstić information content (AvgIpc) is 3.62. The largest absolute Gasteiger partial charge is 0.456 e. The standard InChI is InChI=1S/C28H36N2O3.C4H5N3O/c1-6-8-13-26-29-24(25(31)7-2)19-30(26)18-20-14-16-21(17-15-20)22-11-9-10-12-23(22)27(32)33-28(3,4)5;5-4(8)3-1-6-2-7-3/h9-12,14-17,19,25,31H,6-8,13,18H2,1-5H3;1-2H,(H2,5,8)(H,6,7). The number of aryl methyl sites for hydroxylation is 1. The van der Waals surface area contributed by atoms with Crippen LogP contribution in [0.25, 0.3) is 11.1 Å². The summed E-state index contributed by atoms with van der Waals surface area (Å²) in [5.41, 5.74) is 8.92. The Morgan fingerprint density at radius 2 is 1.80 bits per heavy atom. The van der Waals surface area contributed by atoms with Crippen molar-refractivity contribution in [2.75, 3.05) is 0 Å². The summed E-state index contributed by atoms with van der Waals surface area (Å²) in [4.78, 5) is 33.8. The smallest absolute Gasteiger partial charge is 0.339 e. The van der Waals surface area contributed by atoms with E-state index in [1.807, 2.05) is 70.3 Å². The maximum absolute atomic E-state index is 12.7. The first-order chi connectivity index (χ1) is 19.5. The van der Waals surface area contributed by atoms with Gasteiger partial charge in [0, 0.05) is 19.2 Å². The highest BCUT2D eigenvalue weighted by molar-refractivity contribution is 5.97. The lowest BCUT2D eigenvalue weighted by molar-refractivity contribution is 0.00703. The molecule has 1 unspecified atom stereocenters. The van der Waals surface area contributed by atoms with E-state index in [-0.39, 0.29) is 5.97 Å². The first-order valence-corrected chi connectivity index (χ1v) is 14.0. The number of imidazole rings is 2. The molecule has 2 aromatic carbocycles. The Balaban J connectivity index is 0.000000496. The Bertz CT molecular complexity index is 1400. The number of aromatic amines is 1. The summed E-state index contributed by atoms with van der Waals surface area (Å²) in [6, 6.07) is 15.8. The fourth-order valence-corrected chi connectivity index (χ4v) is 4.14. The summed E-state index contributed by atoms with van der Waals surface area (Å²) in [6.45, 7) is 10.4. The number of ether oxygens (including phenoxy) is 1. The second-order valence-electron chi connectivity index (χ2n) is 10.8. The van der Waals surface area contributed by atoms with Gasteiger partial charge in [0.2, 0.25) is 0 Å². The van der Waals surface area contributed by atoms with Crippen LogP contribution in [0.2, 0.25) is 0 Å². The zero-order valence-electron chi connectivity index (χ0n) is 24.6. The summed E-state index contributed by atoms with van der Waals surface area (Å²) < 4.78 is 7.74. The van der Waals surface area contributed by atoms with Crippen LogP contribution in [0.1, 0.15) is 97.9 Å². The molecule has 1 amide bonds. The van der Waals surface area contributed by atoms with E-state index in [1.165, 1.54) is 12.5 Å². The van der Waals surface area contributed by atoms with E-state index in [0.717, 1.165) is 47.5 Å². The summed E-state index contributed by atoms with van der Waals surface area (Å²) in [5, 5.41) is 10.2. The third kappa shape index (κ3) is 9.14. The maximum atomic E-state index is 12.7. The highest BCUT2D eigenvalue weighted by atomic mass is 16.6. The van der Waals surface area contributed by atoms with Crippen LogP contribution in [0.4, 0.5) is 0 Å². The molecule has 0 fully saturated rings. The molecule has 41 heavy (non-hydrogen) atoms. The van der Waals surface area contributed by atoms with Crippen LogP contribution in [0.15, 0.2) is 67.3 Å². The van der Waals surface area contributed by atoms with Gasteiger partial charge in [0.15, 0.2) is 0 Å². The Hall–Kier alpha value is -4.24. The van der Waals surface area contributed by atoms with Gasteiger partial charge in [-0.1, -0.05) is 62.7 Å². The number of aliphatic hydroxyl groups is 1. The van der Waals surface area contributed by atoms with Crippen molar-refractivity contribution in [3.63, 3.8) is 0 Å². The van der Waals surface area contributed by atoms with Crippen molar-refractivity contribution < 1.29 is 19.4 Å². The topological polar surface area (TPSA) is 136 Å². The number of carbonyl (C=O) groups excluding carboxylic acids is 2. The van der Waals surface area contributed by atoms with Crippen molar-refractivity contribution in [3.8, 4) is 11.1 Å². The summed E-state index contributed by atoms with van der Waals surface area (Å²) in [6.07, 6.45) is 7.94. The van der Waals surface area contributed by atoms with E-state index in [9.17, 15) is 14.7 Å². The van der Waals surface area contributed by atoms with Crippen molar-refractivity contribution in [1.82, 2.24) is 19.5 Å². The molecular weight excluding hydrogens is 518 g/mol. The predicted octanol–water partition coefficient (Wildman–Crippen LogP) is 5.85. The number of primary amides is 1. The van der Waals surface area contributed by atoms with Crippen molar-refractivity contribution in [3.05, 3.63) is 95.6 Å². The molecule has 0 bridgehead atoms. The molecule has 0 aliphatic heterocycles. The molecular formula is C32H41N5O4. The molecule has 0 spiro atoms. The highest BCUT2D eigenvalue weighted by Crippen LogP contribution is 2.27. The van der Waals surface area contributed by atoms with Crippen molar-refractivity contribution in [2.45, 2.75) is 78.6 Å². The number of amides is 1. The number of nitrogens with one attached hydrogen (secondary N) is 1. The lowest BCUT2D eigenvalue weighted by Gasteiger charge is -2.20. The van der Waals surface area contributed by atoms with Crippen LogP contribution < -0.4 is 5.73 Å². The van der Waals surface area contributed by atoms with Crippen molar-refractivity contribution >= 4 is 11.9 Å². The van der Waals surface area contributed by atoms with E-state index in [0.29, 0.717) is 24.2 Å². The molecule has 2 heterocycles. The Labute approximate surface area is 241 Å². The number of aromatic nitrogens is 4. The van der Waals surface area contributed by atoms with Gasteiger partial charge in [-0.3, -0.25) is 4.79 Å². The van der Waals surface area contributed by atoms with Gasteiger partial charge in [0.25, 0.3) is 5.91 Å². The molecule has 0 saturated carbocycles. The number of aliphatic hydroxyl groups excluding tert-OH is 1. The average molecular weight is 560 g/mol. The third-order valence-electron chi connectivity index (χ3n) is 6.29. The van der Waals surface area contributed by atoms with Gasteiger partial charge in [-0.05, 0) is 56.4 Å². The fourth-order valence-electron chi connectivity index (χ4n) is 4.14. The summed E-state index contributed by atoms with van der Waals surface area (Å²) >= 11 is 0. The number of nitrogens with two attached hydrogens (primary N) is 1. The number of benzene rings is 2. The van der Waals surface area contributed by atoms with Gasteiger partial charge >= 0.3 is 5.97 Å². The molecule has 9 nitrogen and oxygen atoms in total. The van der Waals surface area contributed by atoms with Crippen LogP contribution in [-0.4, -0.2) is 42.1 Å². The molecule has 1 atom stereocenters. The minimum Gasteiger partial charge on any atom is -0.456 e. The lowest BCUT2D eigenvalue weighted by atomic mass is 9.98. The summed E-state index contributed by atoms with van der Waals surface area (Å²) in [7, 11) is 0. The van der Waals surface area contributed by atoms with Gasteiger partial charge in [0.1, 0.15) is 17.1 Å². The molecule has 0 aliphatic rings. The second kappa shape index (κ2) is 14.4. The normalized spacial score (nSPS) is 11.9. The number of esters is 1. The number of unbranched alkanes of at least 4 members (excludes halogenated alkanes) is 1. The Morgan fingerprint density at radius 3 is 2.37 bits per heavy atom. The highest BCUT2D eigenvalue weighted by Gasteiger charge is 2.21. The van der Waals surface area contributed by atoms with E-state index in [2.05, 4.69) is 33.6 Å². The quantitative estimate of drug-likeness (QED) is 0.209. The molecule has 218 valence electrons. The molecule has 2 aromatic heterocycles. The minimum absolute atomic E-state index is 0.317. The number of carbonyl (C=O) groups is 2.